The summed E-state index contributed by atoms with van der Waals surface area (Å²) in [6, 6.07) is 2.52. The zero-order chi connectivity index (χ0) is 16.0. The second kappa shape index (κ2) is 7.84. The molecule has 0 saturated heterocycles. The summed E-state index contributed by atoms with van der Waals surface area (Å²) in [6.07, 6.45) is -0.471. The van der Waals surface area contributed by atoms with Crippen LogP contribution in [0.3, 0.4) is 0 Å². The molecule has 114 valence electrons. The molecule has 21 heavy (non-hydrogen) atoms. The lowest BCUT2D eigenvalue weighted by Gasteiger charge is -2.14. The molecule has 0 aliphatic rings. The van der Waals surface area contributed by atoms with Gasteiger partial charge in [-0.05, 0) is 34.1 Å². The lowest BCUT2D eigenvalue weighted by atomic mass is 10.2. The molecule has 0 spiro atoms. The third kappa shape index (κ3) is 5.60. The smallest absolute Gasteiger partial charge is 0.326 e. The number of aliphatic carboxylic acids is 1. The van der Waals surface area contributed by atoms with Crippen LogP contribution in [0, 0.1) is 0 Å². The van der Waals surface area contributed by atoms with E-state index in [0.717, 1.165) is 7.11 Å². The van der Waals surface area contributed by atoms with E-state index in [2.05, 4.69) is 31.3 Å². The van der Waals surface area contributed by atoms with Crippen LogP contribution in [0.15, 0.2) is 22.7 Å². The fourth-order valence-electron chi connectivity index (χ4n) is 1.36. The monoisotopic (exact) mass is 378 g/mol. The first-order chi connectivity index (χ1) is 9.83. The Morgan fingerprint density at radius 3 is 2.62 bits per heavy atom. The lowest BCUT2D eigenvalue weighted by Crippen LogP contribution is -2.44. The van der Waals surface area contributed by atoms with E-state index in [0.29, 0.717) is 15.2 Å². The first-order valence-electron chi connectivity index (χ1n) is 5.65. The Labute approximate surface area is 133 Å². The minimum atomic E-state index is -1.39. The quantitative estimate of drug-likeness (QED) is 0.681. The summed E-state index contributed by atoms with van der Waals surface area (Å²) >= 11 is 8.97. The Balaban J connectivity index is 2.69. The molecule has 0 fully saturated rings. The molecule has 1 atom stereocenters. The van der Waals surface area contributed by atoms with Gasteiger partial charge < -0.3 is 20.5 Å². The van der Waals surface area contributed by atoms with Gasteiger partial charge in [-0.3, -0.25) is 4.79 Å². The number of carboxylic acids is 1. The van der Waals surface area contributed by atoms with Gasteiger partial charge in [0.25, 0.3) is 0 Å². The third-order valence-corrected chi connectivity index (χ3v) is 3.27. The highest BCUT2D eigenvalue weighted by Gasteiger charge is 2.23. The van der Waals surface area contributed by atoms with E-state index in [1.807, 2.05) is 0 Å². The number of carbonyl (C=O) groups is 3. The molecule has 0 aliphatic carbocycles. The predicted molar refractivity (Wildman–Crippen MR) is 79.4 cm³/mol. The molecular formula is C12H12BrClN2O5. The number of carbonyl (C=O) groups excluding carboxylic acids is 2. The molecule has 0 heterocycles. The molecule has 0 radical (unpaired) electrons. The standard InChI is InChI=1S/C12H12BrClN2O5/c1-21-10(17)5-9(11(18)19)16-12(20)15-8-3-2-6(14)4-7(8)13/h2-4,9H,5H2,1H3,(H,18,19)(H2,15,16,20)/t9-/m0/s1. The van der Waals surface area contributed by atoms with Crippen LogP contribution in [0.25, 0.3) is 0 Å². The molecule has 1 rings (SSSR count). The van der Waals surface area contributed by atoms with E-state index < -0.39 is 30.4 Å². The van der Waals surface area contributed by atoms with Gasteiger partial charge in [0.05, 0.1) is 19.2 Å². The van der Waals surface area contributed by atoms with Crippen molar-refractivity contribution in [2.75, 3.05) is 12.4 Å². The topological polar surface area (TPSA) is 105 Å². The van der Waals surface area contributed by atoms with Crippen molar-refractivity contribution in [3.63, 3.8) is 0 Å². The van der Waals surface area contributed by atoms with Crippen LogP contribution in [0.1, 0.15) is 6.42 Å². The molecule has 7 nitrogen and oxygen atoms in total. The molecule has 0 bridgehead atoms. The molecule has 0 unspecified atom stereocenters. The number of methoxy groups -OCH3 is 1. The van der Waals surface area contributed by atoms with Crippen molar-refractivity contribution in [2.24, 2.45) is 0 Å². The van der Waals surface area contributed by atoms with Gasteiger partial charge in [-0.15, -0.1) is 0 Å². The van der Waals surface area contributed by atoms with Gasteiger partial charge >= 0.3 is 18.0 Å². The summed E-state index contributed by atoms with van der Waals surface area (Å²) in [5.74, 6) is -2.08. The second-order valence-electron chi connectivity index (χ2n) is 3.89. The molecule has 0 aliphatic heterocycles. The fourth-order valence-corrected chi connectivity index (χ4v) is 2.14. The maximum absolute atomic E-state index is 11.7. The summed E-state index contributed by atoms with van der Waals surface area (Å²) in [6.45, 7) is 0. The van der Waals surface area contributed by atoms with Crippen molar-refractivity contribution in [3.05, 3.63) is 27.7 Å². The summed E-state index contributed by atoms with van der Waals surface area (Å²) in [7, 11) is 1.13. The van der Waals surface area contributed by atoms with E-state index in [9.17, 15) is 14.4 Å². The Kier molecular flexibility index (Phi) is 6.44. The van der Waals surface area contributed by atoms with Crippen LogP contribution in [0.4, 0.5) is 10.5 Å². The lowest BCUT2D eigenvalue weighted by molar-refractivity contribution is -0.147. The van der Waals surface area contributed by atoms with Gasteiger partial charge in [-0.2, -0.15) is 0 Å². The second-order valence-corrected chi connectivity index (χ2v) is 5.18. The summed E-state index contributed by atoms with van der Waals surface area (Å²) < 4.78 is 4.90. The number of nitrogens with one attached hydrogen (secondary N) is 2. The zero-order valence-electron chi connectivity index (χ0n) is 10.9. The number of anilines is 1. The van der Waals surface area contributed by atoms with Crippen molar-refractivity contribution in [1.29, 1.82) is 0 Å². The van der Waals surface area contributed by atoms with Crippen LogP contribution >= 0.6 is 27.5 Å². The van der Waals surface area contributed by atoms with Crippen molar-refractivity contribution in [1.82, 2.24) is 5.32 Å². The molecule has 1 aromatic carbocycles. The molecule has 3 N–H and O–H groups in total. The van der Waals surface area contributed by atoms with Crippen molar-refractivity contribution in [3.8, 4) is 0 Å². The van der Waals surface area contributed by atoms with Crippen LogP contribution in [0.5, 0.6) is 0 Å². The average Bonchev–Trinajstić information content (AvgIpc) is 2.40. The van der Waals surface area contributed by atoms with Gasteiger partial charge in [0.15, 0.2) is 0 Å². The number of rotatable bonds is 5. The number of urea groups is 1. The zero-order valence-corrected chi connectivity index (χ0v) is 13.2. The Hall–Kier alpha value is -1.80. The SMILES string of the molecule is COC(=O)C[C@H](NC(=O)Nc1ccc(Cl)cc1Br)C(=O)O. The number of hydrogen-bond donors (Lipinski definition) is 3. The highest BCUT2D eigenvalue weighted by molar-refractivity contribution is 9.10. The van der Waals surface area contributed by atoms with E-state index >= 15 is 0 Å². The summed E-state index contributed by atoms with van der Waals surface area (Å²) in [5, 5.41) is 14.0. The average molecular weight is 380 g/mol. The van der Waals surface area contributed by atoms with Crippen LogP contribution in [0.2, 0.25) is 5.02 Å². The molecule has 9 heteroatoms. The van der Waals surface area contributed by atoms with Crippen LogP contribution in [-0.4, -0.2) is 36.2 Å². The summed E-state index contributed by atoms with van der Waals surface area (Å²) in [5.41, 5.74) is 0.402. The first kappa shape index (κ1) is 17.3. The third-order valence-electron chi connectivity index (χ3n) is 2.38. The highest BCUT2D eigenvalue weighted by atomic mass is 79.9. The van der Waals surface area contributed by atoms with Crippen molar-refractivity contribution >= 4 is 51.2 Å². The van der Waals surface area contributed by atoms with Crippen LogP contribution < -0.4 is 10.6 Å². The van der Waals surface area contributed by atoms with Gasteiger partial charge in [-0.1, -0.05) is 11.6 Å². The minimum Gasteiger partial charge on any atom is -0.480 e. The number of benzene rings is 1. The van der Waals surface area contributed by atoms with E-state index in [4.69, 9.17) is 16.7 Å². The van der Waals surface area contributed by atoms with Gasteiger partial charge in [0.2, 0.25) is 0 Å². The maximum Gasteiger partial charge on any atom is 0.326 e. The maximum atomic E-state index is 11.7. The molecule has 0 saturated carbocycles. The van der Waals surface area contributed by atoms with Gasteiger partial charge in [-0.25, -0.2) is 9.59 Å². The van der Waals surface area contributed by atoms with Crippen molar-refractivity contribution < 1.29 is 24.2 Å². The van der Waals surface area contributed by atoms with E-state index in [1.165, 1.54) is 0 Å². The Morgan fingerprint density at radius 1 is 1.43 bits per heavy atom. The minimum absolute atomic E-state index is 0.402. The van der Waals surface area contributed by atoms with E-state index in [1.54, 1.807) is 18.2 Å². The normalized spacial score (nSPS) is 11.4. The van der Waals surface area contributed by atoms with Gasteiger partial charge in [0, 0.05) is 9.50 Å². The highest BCUT2D eigenvalue weighted by Crippen LogP contribution is 2.25. The van der Waals surface area contributed by atoms with Gasteiger partial charge in [0.1, 0.15) is 6.04 Å². The number of hydrogen-bond acceptors (Lipinski definition) is 4. The number of esters is 1. The Morgan fingerprint density at radius 2 is 2.10 bits per heavy atom. The van der Waals surface area contributed by atoms with E-state index in [-0.39, 0.29) is 0 Å². The summed E-state index contributed by atoms with van der Waals surface area (Å²) in [4.78, 5) is 33.8. The number of ether oxygens (including phenoxy) is 1. The van der Waals surface area contributed by atoms with Crippen LogP contribution in [-0.2, 0) is 14.3 Å². The molecule has 2 amide bonds. The Bertz CT molecular complexity index is 567. The molecule has 1 aromatic rings. The predicted octanol–water partition coefficient (Wildman–Crippen LogP) is 2.24. The largest absolute Gasteiger partial charge is 0.480 e. The molecular weight excluding hydrogens is 367 g/mol. The number of carboxylic acid groups (broad SMARTS) is 1. The first-order valence-corrected chi connectivity index (χ1v) is 6.82. The number of halogens is 2. The van der Waals surface area contributed by atoms with Crippen molar-refractivity contribution in [2.45, 2.75) is 12.5 Å². The number of amides is 2. The molecule has 0 aromatic heterocycles. The fraction of sp³-hybridized carbons (Fsp3) is 0.250.